The Kier molecular flexibility index (Phi) is 3.40. The van der Waals surface area contributed by atoms with Crippen molar-refractivity contribution >= 4 is 0 Å². The van der Waals surface area contributed by atoms with E-state index in [4.69, 9.17) is 0 Å². The van der Waals surface area contributed by atoms with E-state index in [1.54, 1.807) is 11.1 Å². The molecule has 0 radical (unpaired) electrons. The van der Waals surface area contributed by atoms with Crippen molar-refractivity contribution in [1.29, 1.82) is 0 Å². The topological polar surface area (TPSA) is 15.3 Å². The van der Waals surface area contributed by atoms with Crippen molar-refractivity contribution in [2.24, 2.45) is 11.8 Å². The zero-order valence-corrected chi connectivity index (χ0v) is 12.4. The molecule has 1 fully saturated rings. The zero-order valence-electron chi connectivity index (χ0n) is 12.4. The van der Waals surface area contributed by atoms with Crippen molar-refractivity contribution in [3.63, 3.8) is 0 Å². The Morgan fingerprint density at radius 3 is 2.84 bits per heavy atom. The van der Waals surface area contributed by atoms with Crippen LogP contribution < -0.4 is 5.32 Å². The molecule has 1 N–H and O–H groups in total. The molecule has 2 aliphatic rings. The van der Waals surface area contributed by atoms with E-state index in [2.05, 4.69) is 55.6 Å². The Balaban J connectivity index is 1.86. The summed E-state index contributed by atoms with van der Waals surface area (Å²) in [7, 11) is 6.55. The predicted octanol–water partition coefficient (Wildman–Crippen LogP) is 2.64. The summed E-state index contributed by atoms with van der Waals surface area (Å²) in [5, 5.41) is 3.70. The van der Waals surface area contributed by atoms with Gasteiger partial charge in [0.25, 0.3) is 0 Å². The second-order valence-electron chi connectivity index (χ2n) is 6.68. The fourth-order valence-corrected chi connectivity index (χ4v) is 4.51. The quantitative estimate of drug-likeness (QED) is 0.896. The van der Waals surface area contributed by atoms with Gasteiger partial charge in [-0.3, -0.25) is 0 Å². The van der Waals surface area contributed by atoms with Crippen LogP contribution in [0.5, 0.6) is 0 Å². The molecule has 3 atom stereocenters. The van der Waals surface area contributed by atoms with Gasteiger partial charge in [-0.2, -0.15) is 0 Å². The van der Waals surface area contributed by atoms with Crippen LogP contribution in [0.3, 0.4) is 0 Å². The van der Waals surface area contributed by atoms with Gasteiger partial charge in [-0.15, -0.1) is 0 Å². The summed E-state index contributed by atoms with van der Waals surface area (Å²) in [6.07, 6.45) is 5.28. The van der Waals surface area contributed by atoms with Gasteiger partial charge in [-0.05, 0) is 69.8 Å². The van der Waals surface area contributed by atoms with E-state index in [0.29, 0.717) is 0 Å². The van der Waals surface area contributed by atoms with Crippen molar-refractivity contribution < 1.29 is 0 Å². The number of hydrogen-bond acceptors (Lipinski definition) is 2. The highest BCUT2D eigenvalue weighted by atomic mass is 15.1. The molecule has 1 saturated carbocycles. The zero-order chi connectivity index (χ0) is 13.5. The fourth-order valence-electron chi connectivity index (χ4n) is 4.51. The minimum Gasteiger partial charge on any atom is -0.310 e. The lowest BCUT2D eigenvalue weighted by atomic mass is 9.69. The number of nitrogens with zero attached hydrogens (tertiary/aromatic N) is 1. The molecule has 0 aliphatic heterocycles. The van der Waals surface area contributed by atoms with E-state index in [-0.39, 0.29) is 5.54 Å². The third kappa shape index (κ3) is 2.11. The van der Waals surface area contributed by atoms with Crippen LogP contribution in [0.1, 0.15) is 30.4 Å². The molecule has 0 saturated heterocycles. The molecular formula is C17H26N2. The summed E-state index contributed by atoms with van der Waals surface area (Å²) in [5.41, 5.74) is 3.41. The minimum absolute atomic E-state index is 0.263. The second-order valence-corrected chi connectivity index (χ2v) is 6.68. The molecular weight excluding hydrogens is 232 g/mol. The largest absolute Gasteiger partial charge is 0.310 e. The summed E-state index contributed by atoms with van der Waals surface area (Å²) in [4.78, 5) is 2.35. The minimum atomic E-state index is 0.263. The molecule has 0 spiro atoms. The number of hydrogen-bond donors (Lipinski definition) is 1. The maximum atomic E-state index is 3.70. The highest BCUT2D eigenvalue weighted by molar-refractivity contribution is 5.40. The van der Waals surface area contributed by atoms with Crippen LogP contribution in [0.4, 0.5) is 0 Å². The molecule has 19 heavy (non-hydrogen) atoms. The predicted molar refractivity (Wildman–Crippen MR) is 80.3 cm³/mol. The van der Waals surface area contributed by atoms with Gasteiger partial charge in [0.15, 0.2) is 0 Å². The van der Waals surface area contributed by atoms with Crippen molar-refractivity contribution in [1.82, 2.24) is 10.2 Å². The lowest BCUT2D eigenvalue weighted by molar-refractivity contribution is 0.112. The second kappa shape index (κ2) is 4.92. The SMILES string of the molecule is CNC12CCC(CN(C)C)CC1Cc1ccccc12. The molecule has 1 aromatic rings. The first-order chi connectivity index (χ1) is 9.15. The first-order valence-corrected chi connectivity index (χ1v) is 7.58. The number of nitrogens with one attached hydrogen (secondary N) is 1. The summed E-state index contributed by atoms with van der Waals surface area (Å²) >= 11 is 0. The van der Waals surface area contributed by atoms with Crippen LogP contribution in [0, 0.1) is 11.8 Å². The highest BCUT2D eigenvalue weighted by Crippen LogP contribution is 2.51. The smallest absolute Gasteiger partial charge is 0.0466 e. The Bertz CT molecular complexity index is 454. The maximum Gasteiger partial charge on any atom is 0.0466 e. The van der Waals surface area contributed by atoms with Gasteiger partial charge in [0.05, 0.1) is 0 Å². The van der Waals surface area contributed by atoms with Crippen molar-refractivity contribution in [2.45, 2.75) is 31.2 Å². The first-order valence-electron chi connectivity index (χ1n) is 7.58. The lowest BCUT2D eigenvalue weighted by Gasteiger charge is -2.44. The van der Waals surface area contributed by atoms with E-state index in [0.717, 1.165) is 11.8 Å². The molecule has 0 aromatic heterocycles. The number of benzene rings is 1. The van der Waals surface area contributed by atoms with Crippen LogP contribution >= 0.6 is 0 Å². The van der Waals surface area contributed by atoms with Gasteiger partial charge in [-0.25, -0.2) is 0 Å². The Hall–Kier alpha value is -0.860. The van der Waals surface area contributed by atoms with E-state index in [9.17, 15) is 0 Å². The van der Waals surface area contributed by atoms with Crippen molar-refractivity contribution in [2.75, 3.05) is 27.7 Å². The van der Waals surface area contributed by atoms with Gasteiger partial charge in [-0.1, -0.05) is 24.3 Å². The van der Waals surface area contributed by atoms with Crippen LogP contribution in [0.2, 0.25) is 0 Å². The van der Waals surface area contributed by atoms with Crippen LogP contribution in [0.15, 0.2) is 24.3 Å². The van der Waals surface area contributed by atoms with Gasteiger partial charge in [0.2, 0.25) is 0 Å². The standard InChI is InChI=1S/C17H26N2/c1-18-17-9-8-13(12-19(2)3)10-15(17)11-14-6-4-5-7-16(14)17/h4-7,13,15,18H,8-12H2,1-3H3. The molecule has 2 aliphatic carbocycles. The van der Waals surface area contributed by atoms with Crippen LogP contribution in [-0.2, 0) is 12.0 Å². The molecule has 1 aromatic carbocycles. The van der Waals surface area contributed by atoms with E-state index in [1.165, 1.54) is 32.2 Å². The van der Waals surface area contributed by atoms with Gasteiger partial charge in [0.1, 0.15) is 0 Å². The summed E-state index contributed by atoms with van der Waals surface area (Å²) < 4.78 is 0. The molecule has 104 valence electrons. The lowest BCUT2D eigenvalue weighted by Crippen LogP contribution is -2.48. The van der Waals surface area contributed by atoms with E-state index < -0.39 is 0 Å². The molecule has 0 heterocycles. The summed E-state index contributed by atoms with van der Waals surface area (Å²) in [6.45, 7) is 1.24. The van der Waals surface area contributed by atoms with Gasteiger partial charge < -0.3 is 10.2 Å². The number of fused-ring (bicyclic) bond motifs is 3. The van der Waals surface area contributed by atoms with Crippen molar-refractivity contribution in [3.8, 4) is 0 Å². The van der Waals surface area contributed by atoms with Crippen LogP contribution in [0.25, 0.3) is 0 Å². The first kappa shape index (κ1) is 13.1. The highest BCUT2D eigenvalue weighted by Gasteiger charge is 2.48. The average Bonchev–Trinajstić information content (AvgIpc) is 2.72. The third-order valence-electron chi connectivity index (χ3n) is 5.30. The Morgan fingerprint density at radius 2 is 2.11 bits per heavy atom. The monoisotopic (exact) mass is 258 g/mol. The number of rotatable bonds is 3. The van der Waals surface area contributed by atoms with E-state index in [1.807, 2.05) is 0 Å². The maximum absolute atomic E-state index is 3.70. The Morgan fingerprint density at radius 1 is 1.32 bits per heavy atom. The molecule has 3 unspecified atom stereocenters. The average molecular weight is 258 g/mol. The summed E-state index contributed by atoms with van der Waals surface area (Å²) in [6, 6.07) is 9.06. The van der Waals surface area contributed by atoms with Crippen molar-refractivity contribution in [3.05, 3.63) is 35.4 Å². The Labute approximate surface area is 117 Å². The van der Waals surface area contributed by atoms with Crippen LogP contribution in [-0.4, -0.2) is 32.6 Å². The molecule has 2 heteroatoms. The normalized spacial score (nSPS) is 33.3. The van der Waals surface area contributed by atoms with E-state index >= 15 is 0 Å². The fraction of sp³-hybridized carbons (Fsp3) is 0.647. The molecule has 2 nitrogen and oxygen atoms in total. The molecule has 0 amide bonds. The van der Waals surface area contributed by atoms with Gasteiger partial charge in [0, 0.05) is 12.1 Å². The van der Waals surface area contributed by atoms with Gasteiger partial charge >= 0.3 is 0 Å². The summed E-state index contributed by atoms with van der Waals surface area (Å²) in [5.74, 6) is 1.66. The molecule has 3 rings (SSSR count). The third-order valence-corrected chi connectivity index (χ3v) is 5.30. The molecule has 0 bridgehead atoms.